The van der Waals surface area contributed by atoms with E-state index in [-0.39, 0.29) is 5.41 Å². The van der Waals surface area contributed by atoms with Crippen molar-refractivity contribution in [3.63, 3.8) is 0 Å². The van der Waals surface area contributed by atoms with Crippen molar-refractivity contribution in [3.8, 4) is 27.9 Å². The molecule has 0 fully saturated rings. The van der Waals surface area contributed by atoms with Gasteiger partial charge in [-0.3, -0.25) is 0 Å². The van der Waals surface area contributed by atoms with Crippen molar-refractivity contribution < 1.29 is 0 Å². The van der Waals surface area contributed by atoms with Crippen LogP contribution in [0.2, 0.25) is 0 Å². The van der Waals surface area contributed by atoms with E-state index in [1.165, 1.54) is 72.0 Å². The van der Waals surface area contributed by atoms with Crippen molar-refractivity contribution in [1.82, 2.24) is 4.57 Å². The smallest absolute Gasteiger partial charge is 0.0725 e. The number of rotatable bonds is 1. The number of fused-ring (bicyclic) bond motifs is 14. The van der Waals surface area contributed by atoms with Gasteiger partial charge < -0.3 is 4.57 Å². The van der Waals surface area contributed by atoms with Gasteiger partial charge in [0.2, 0.25) is 0 Å². The lowest BCUT2D eigenvalue weighted by atomic mass is 9.70. The third kappa shape index (κ3) is 2.55. The van der Waals surface area contributed by atoms with E-state index in [1.807, 2.05) is 0 Å². The first-order valence-electron chi connectivity index (χ1n) is 13.4. The normalized spacial score (nSPS) is 14.0. The Kier molecular flexibility index (Phi) is 4.19. The Labute approximate surface area is 235 Å². The second-order valence-electron chi connectivity index (χ2n) is 10.6. The molecule has 0 unspecified atom stereocenters. The highest BCUT2D eigenvalue weighted by molar-refractivity contribution is 9.10. The first-order chi connectivity index (χ1) is 19.3. The molecule has 0 amide bonds. The molecular formula is C37H22BrN. The molecule has 182 valence electrons. The summed E-state index contributed by atoms with van der Waals surface area (Å²) in [4.78, 5) is 0. The van der Waals surface area contributed by atoms with E-state index >= 15 is 0 Å². The minimum absolute atomic E-state index is 0.325. The van der Waals surface area contributed by atoms with Crippen LogP contribution in [0.5, 0.6) is 0 Å². The van der Waals surface area contributed by atoms with Gasteiger partial charge in [0.1, 0.15) is 0 Å². The molecule has 1 aromatic heterocycles. The van der Waals surface area contributed by atoms with Crippen molar-refractivity contribution in [3.05, 3.63) is 160 Å². The lowest BCUT2D eigenvalue weighted by Gasteiger charge is -2.30. The quantitative estimate of drug-likeness (QED) is 0.188. The lowest BCUT2D eigenvalue weighted by molar-refractivity contribution is 0.794. The van der Waals surface area contributed by atoms with E-state index in [4.69, 9.17) is 0 Å². The Balaban J connectivity index is 1.49. The van der Waals surface area contributed by atoms with Gasteiger partial charge in [-0.05, 0) is 80.9 Å². The van der Waals surface area contributed by atoms with E-state index in [2.05, 4.69) is 154 Å². The first kappa shape index (κ1) is 21.5. The summed E-state index contributed by atoms with van der Waals surface area (Å²) in [6.07, 6.45) is 0. The summed E-state index contributed by atoms with van der Waals surface area (Å²) in [6, 6.07) is 49.4. The van der Waals surface area contributed by atoms with E-state index in [1.54, 1.807) is 0 Å². The summed E-state index contributed by atoms with van der Waals surface area (Å²) < 4.78 is 3.50. The zero-order valence-corrected chi connectivity index (χ0v) is 22.6. The number of benzene rings is 6. The monoisotopic (exact) mass is 559 g/mol. The summed E-state index contributed by atoms with van der Waals surface area (Å²) >= 11 is 3.62. The fourth-order valence-corrected chi connectivity index (χ4v) is 7.77. The topological polar surface area (TPSA) is 4.93 Å². The third-order valence-corrected chi connectivity index (χ3v) is 9.41. The highest BCUT2D eigenvalue weighted by Crippen LogP contribution is 2.64. The average Bonchev–Trinajstić information content (AvgIpc) is 3.59. The molecule has 2 aliphatic rings. The van der Waals surface area contributed by atoms with Crippen molar-refractivity contribution in [2.75, 3.05) is 0 Å². The highest BCUT2D eigenvalue weighted by atomic mass is 79.9. The molecule has 2 heteroatoms. The maximum atomic E-state index is 3.62. The molecule has 7 aromatic rings. The summed E-state index contributed by atoms with van der Waals surface area (Å²) in [5.74, 6) is 0. The highest BCUT2D eigenvalue weighted by Gasteiger charge is 2.52. The minimum Gasteiger partial charge on any atom is -0.309 e. The molecule has 9 rings (SSSR count). The summed E-state index contributed by atoms with van der Waals surface area (Å²) in [5, 5.41) is 2.62. The summed E-state index contributed by atoms with van der Waals surface area (Å²) in [7, 11) is 0. The van der Waals surface area contributed by atoms with E-state index in [9.17, 15) is 0 Å². The average molecular weight is 560 g/mol. The van der Waals surface area contributed by atoms with Gasteiger partial charge in [0, 0.05) is 20.9 Å². The van der Waals surface area contributed by atoms with E-state index in [0.717, 1.165) is 4.47 Å². The molecule has 0 saturated heterocycles. The van der Waals surface area contributed by atoms with Gasteiger partial charge in [-0.2, -0.15) is 0 Å². The number of hydrogen-bond acceptors (Lipinski definition) is 0. The van der Waals surface area contributed by atoms with Crippen LogP contribution in [0.3, 0.4) is 0 Å². The molecule has 1 heterocycles. The maximum Gasteiger partial charge on any atom is 0.0725 e. The second-order valence-corrected chi connectivity index (χ2v) is 11.5. The minimum atomic E-state index is -0.325. The largest absolute Gasteiger partial charge is 0.309 e. The summed E-state index contributed by atoms with van der Waals surface area (Å²) in [5.41, 5.74) is 14.2. The molecule has 0 atom stereocenters. The Bertz CT molecular complexity index is 2080. The molecular weight excluding hydrogens is 538 g/mol. The molecule has 2 aliphatic carbocycles. The van der Waals surface area contributed by atoms with Crippen molar-refractivity contribution >= 4 is 37.7 Å². The lowest BCUT2D eigenvalue weighted by Crippen LogP contribution is -2.25. The SMILES string of the molecule is Brc1ccc(-n2c3ccccc3c3c4c(ccc32)C2(c3ccccc3-c3ccccc32)c2ccccc2-4)cc1. The zero-order chi connectivity index (χ0) is 25.7. The van der Waals surface area contributed by atoms with Crippen molar-refractivity contribution in [1.29, 1.82) is 0 Å². The van der Waals surface area contributed by atoms with Gasteiger partial charge in [-0.1, -0.05) is 113 Å². The molecule has 0 saturated carbocycles. The number of aromatic nitrogens is 1. The van der Waals surface area contributed by atoms with Gasteiger partial charge in [0.05, 0.1) is 16.4 Å². The van der Waals surface area contributed by atoms with Crippen molar-refractivity contribution in [2.45, 2.75) is 5.41 Å². The van der Waals surface area contributed by atoms with Gasteiger partial charge in [0.15, 0.2) is 0 Å². The molecule has 0 radical (unpaired) electrons. The van der Waals surface area contributed by atoms with E-state index < -0.39 is 0 Å². The van der Waals surface area contributed by atoms with Gasteiger partial charge in [0.25, 0.3) is 0 Å². The Morgan fingerprint density at radius 1 is 0.462 bits per heavy atom. The van der Waals surface area contributed by atoms with Crippen LogP contribution in [-0.4, -0.2) is 4.57 Å². The van der Waals surface area contributed by atoms with E-state index in [0.29, 0.717) is 0 Å². The standard InChI is InChI=1S/C37H22BrN/c38-23-17-19-24(20-18-23)39-33-16-8-4-12-28(33)36-34(39)22-21-32-35(36)27-11-3-7-15-31(27)37(32)29-13-5-1-9-25(29)26-10-2-6-14-30(26)37/h1-22H. The van der Waals surface area contributed by atoms with Crippen molar-refractivity contribution in [2.24, 2.45) is 0 Å². The number of halogens is 1. The number of para-hydroxylation sites is 1. The second kappa shape index (κ2) is 7.59. The molecule has 0 bridgehead atoms. The van der Waals surface area contributed by atoms with Crippen LogP contribution in [0.15, 0.2) is 138 Å². The third-order valence-electron chi connectivity index (χ3n) is 8.88. The fourth-order valence-electron chi connectivity index (χ4n) is 7.51. The molecule has 1 nitrogen and oxygen atoms in total. The predicted molar refractivity (Wildman–Crippen MR) is 165 cm³/mol. The molecule has 1 spiro atoms. The number of nitrogens with zero attached hydrogens (tertiary/aromatic N) is 1. The van der Waals surface area contributed by atoms with Crippen LogP contribution in [0.25, 0.3) is 49.7 Å². The van der Waals surface area contributed by atoms with Crippen LogP contribution < -0.4 is 0 Å². The summed E-state index contributed by atoms with van der Waals surface area (Å²) in [6.45, 7) is 0. The van der Waals surface area contributed by atoms with Crippen LogP contribution in [0, 0.1) is 0 Å². The fraction of sp³-hybridized carbons (Fsp3) is 0.0270. The van der Waals surface area contributed by atoms with Gasteiger partial charge >= 0.3 is 0 Å². The molecule has 6 aromatic carbocycles. The van der Waals surface area contributed by atoms with Crippen LogP contribution in [-0.2, 0) is 5.41 Å². The number of hydrogen-bond donors (Lipinski definition) is 0. The Morgan fingerprint density at radius 2 is 1.03 bits per heavy atom. The predicted octanol–water partition coefficient (Wildman–Crippen LogP) is 9.89. The first-order valence-corrected chi connectivity index (χ1v) is 14.2. The van der Waals surface area contributed by atoms with Gasteiger partial charge in [-0.25, -0.2) is 0 Å². The van der Waals surface area contributed by atoms with Crippen LogP contribution >= 0.6 is 15.9 Å². The Morgan fingerprint density at radius 3 is 1.72 bits per heavy atom. The van der Waals surface area contributed by atoms with Gasteiger partial charge in [-0.15, -0.1) is 0 Å². The van der Waals surface area contributed by atoms with Crippen LogP contribution in [0.1, 0.15) is 22.3 Å². The molecule has 0 N–H and O–H groups in total. The zero-order valence-electron chi connectivity index (χ0n) is 21.0. The molecule has 0 aliphatic heterocycles. The maximum absolute atomic E-state index is 3.62. The Hall–Kier alpha value is -4.40. The molecule has 39 heavy (non-hydrogen) atoms. The van der Waals surface area contributed by atoms with Crippen LogP contribution in [0.4, 0.5) is 0 Å².